The van der Waals surface area contributed by atoms with E-state index >= 15 is 0 Å². The van der Waals surface area contributed by atoms with E-state index in [-0.39, 0.29) is 24.0 Å². The Bertz CT molecular complexity index is 2240. The molecule has 48 heavy (non-hydrogen) atoms. The molecular formula is C43H37IN2S2. The molecule has 0 aliphatic carbocycles. The van der Waals surface area contributed by atoms with Crippen LogP contribution in [0.3, 0.4) is 0 Å². The van der Waals surface area contributed by atoms with Gasteiger partial charge < -0.3 is 28.9 Å². The van der Waals surface area contributed by atoms with Gasteiger partial charge in [-0.1, -0.05) is 144 Å². The highest BCUT2D eigenvalue weighted by Gasteiger charge is 2.26. The maximum Gasteiger partial charge on any atom is 0.262 e. The van der Waals surface area contributed by atoms with Crippen LogP contribution in [0.2, 0.25) is 0 Å². The molecule has 1 aliphatic rings. The number of anilines is 1. The summed E-state index contributed by atoms with van der Waals surface area (Å²) in [7, 11) is 0. The van der Waals surface area contributed by atoms with Crippen molar-refractivity contribution in [3.63, 3.8) is 0 Å². The number of thioether (sulfide) groups is 1. The Morgan fingerprint density at radius 3 is 2.00 bits per heavy atom. The molecule has 0 N–H and O–H groups in total. The molecule has 5 heteroatoms. The predicted molar refractivity (Wildman–Crippen MR) is 203 cm³/mol. The van der Waals surface area contributed by atoms with Gasteiger partial charge in [0.25, 0.3) is 5.01 Å². The summed E-state index contributed by atoms with van der Waals surface area (Å²) in [5, 5.41) is 7.86. The molecule has 2 nitrogen and oxygen atoms in total. The fourth-order valence-electron chi connectivity index (χ4n) is 6.75. The van der Waals surface area contributed by atoms with Crippen LogP contribution in [0.25, 0.3) is 37.8 Å². The standard InChI is InChI=1S/C43H37N2S2.HI/c1-3-14-32(15-4-1)18-12-30-44-38-28-26-34-20-7-9-22-36(34)42(38)46-40(44)24-11-25-41-45(31-13-19-33-16-5-2-6-17-33)39-29-27-35-21-8-10-23-37(35)43(39)47-41;/h1-11,14-17,20-29H,12-13,18-19,30-31H2;1H/q+1;/p-1. The van der Waals surface area contributed by atoms with E-state index in [4.69, 9.17) is 0 Å². The van der Waals surface area contributed by atoms with E-state index in [1.807, 2.05) is 23.1 Å². The number of halogens is 1. The number of hydrogen-bond acceptors (Lipinski definition) is 3. The molecule has 8 rings (SSSR count). The molecule has 0 unspecified atom stereocenters. The van der Waals surface area contributed by atoms with Crippen LogP contribution in [0.4, 0.5) is 5.69 Å². The second-order valence-corrected chi connectivity index (χ2v) is 14.2. The van der Waals surface area contributed by atoms with Crippen molar-refractivity contribution in [2.24, 2.45) is 0 Å². The molecule has 0 bridgehead atoms. The Kier molecular flexibility index (Phi) is 10.3. The van der Waals surface area contributed by atoms with Gasteiger partial charge in [-0.05, 0) is 64.8 Å². The van der Waals surface area contributed by atoms with E-state index in [2.05, 4.69) is 161 Å². The third-order valence-electron chi connectivity index (χ3n) is 9.10. The third-order valence-corrected chi connectivity index (χ3v) is 11.5. The Morgan fingerprint density at radius 1 is 0.625 bits per heavy atom. The highest BCUT2D eigenvalue weighted by Crippen LogP contribution is 2.49. The van der Waals surface area contributed by atoms with E-state index in [0.29, 0.717) is 0 Å². The van der Waals surface area contributed by atoms with Gasteiger partial charge in [0.05, 0.1) is 10.7 Å². The van der Waals surface area contributed by atoms with Crippen molar-refractivity contribution in [1.82, 2.24) is 0 Å². The number of hydrogen-bond donors (Lipinski definition) is 0. The largest absolute Gasteiger partial charge is 1.00 e. The predicted octanol–water partition coefficient (Wildman–Crippen LogP) is 8.23. The van der Waals surface area contributed by atoms with Crippen molar-refractivity contribution in [2.45, 2.75) is 37.1 Å². The Labute approximate surface area is 308 Å². The number of fused-ring (bicyclic) bond motifs is 6. The molecule has 0 fully saturated rings. The highest BCUT2D eigenvalue weighted by atomic mass is 127. The average molecular weight is 773 g/mol. The van der Waals surface area contributed by atoms with Crippen molar-refractivity contribution >= 4 is 66.6 Å². The third kappa shape index (κ3) is 6.82. The van der Waals surface area contributed by atoms with Crippen LogP contribution in [-0.2, 0) is 19.4 Å². The summed E-state index contributed by atoms with van der Waals surface area (Å²) in [5.41, 5.74) is 5.45. The van der Waals surface area contributed by atoms with Gasteiger partial charge in [-0.15, -0.1) is 0 Å². The lowest BCUT2D eigenvalue weighted by Crippen LogP contribution is -3.00. The van der Waals surface area contributed by atoms with Gasteiger partial charge in [-0.3, -0.25) is 0 Å². The minimum Gasteiger partial charge on any atom is -1.00 e. The van der Waals surface area contributed by atoms with Gasteiger partial charge in [0.15, 0.2) is 6.54 Å². The summed E-state index contributed by atoms with van der Waals surface area (Å²) >= 11 is 3.82. The molecule has 238 valence electrons. The van der Waals surface area contributed by atoms with Crippen LogP contribution in [-0.4, -0.2) is 6.54 Å². The summed E-state index contributed by atoms with van der Waals surface area (Å²) in [6, 6.07) is 48.5. The quantitative estimate of drug-likeness (QED) is 0.102. The van der Waals surface area contributed by atoms with Crippen molar-refractivity contribution in [3.05, 3.63) is 167 Å². The first kappa shape index (κ1) is 32.6. The first-order valence-electron chi connectivity index (χ1n) is 16.6. The minimum absolute atomic E-state index is 0. The maximum atomic E-state index is 2.53. The molecule has 7 aromatic rings. The summed E-state index contributed by atoms with van der Waals surface area (Å²) < 4.78 is 3.90. The zero-order valence-electron chi connectivity index (χ0n) is 26.8. The van der Waals surface area contributed by atoms with E-state index in [0.717, 1.165) is 38.8 Å². The first-order valence-corrected chi connectivity index (χ1v) is 18.2. The van der Waals surface area contributed by atoms with Crippen LogP contribution in [0.15, 0.2) is 156 Å². The topological polar surface area (TPSA) is 7.12 Å². The van der Waals surface area contributed by atoms with Crippen LogP contribution in [0.5, 0.6) is 0 Å². The molecule has 0 amide bonds. The molecule has 0 atom stereocenters. The number of benzene rings is 6. The smallest absolute Gasteiger partial charge is 0.262 e. The molecule has 0 saturated carbocycles. The lowest BCUT2D eigenvalue weighted by molar-refractivity contribution is -0.669. The lowest BCUT2D eigenvalue weighted by atomic mass is 10.1. The normalized spacial score (nSPS) is 13.6. The van der Waals surface area contributed by atoms with Crippen LogP contribution >= 0.6 is 23.1 Å². The van der Waals surface area contributed by atoms with E-state index in [1.165, 1.54) is 63.5 Å². The minimum atomic E-state index is 0. The van der Waals surface area contributed by atoms with Crippen LogP contribution in [0.1, 0.15) is 29.0 Å². The van der Waals surface area contributed by atoms with Crippen molar-refractivity contribution < 1.29 is 28.5 Å². The van der Waals surface area contributed by atoms with Crippen molar-refractivity contribution in [2.75, 3.05) is 11.4 Å². The molecule has 1 aromatic heterocycles. The van der Waals surface area contributed by atoms with Crippen molar-refractivity contribution in [1.29, 1.82) is 0 Å². The monoisotopic (exact) mass is 772 g/mol. The Balaban J connectivity index is 0.00000364. The number of aryl methyl sites for hydroxylation is 3. The van der Waals surface area contributed by atoms with Gasteiger partial charge in [0.2, 0.25) is 5.52 Å². The number of nitrogens with zero attached hydrogens (tertiary/aromatic N) is 2. The lowest BCUT2D eigenvalue weighted by Gasteiger charge is -2.20. The summed E-state index contributed by atoms with van der Waals surface area (Å²) in [5.74, 6) is 0. The van der Waals surface area contributed by atoms with Gasteiger partial charge >= 0.3 is 0 Å². The molecule has 0 spiro atoms. The van der Waals surface area contributed by atoms with Gasteiger partial charge in [-0.2, -0.15) is 4.57 Å². The van der Waals surface area contributed by atoms with E-state index in [1.54, 1.807) is 0 Å². The van der Waals surface area contributed by atoms with Crippen LogP contribution < -0.4 is 33.4 Å². The Morgan fingerprint density at radius 2 is 1.25 bits per heavy atom. The average Bonchev–Trinajstić information content (AvgIpc) is 3.67. The van der Waals surface area contributed by atoms with Crippen LogP contribution in [0, 0.1) is 0 Å². The van der Waals surface area contributed by atoms with Gasteiger partial charge in [-0.25, -0.2) is 0 Å². The highest BCUT2D eigenvalue weighted by molar-refractivity contribution is 8.04. The second-order valence-electron chi connectivity index (χ2n) is 12.2. The summed E-state index contributed by atoms with van der Waals surface area (Å²) in [6.07, 6.45) is 11.3. The molecule has 0 radical (unpaired) electrons. The maximum absolute atomic E-state index is 2.53. The molecule has 0 saturated heterocycles. The number of thiazole rings is 1. The molecule has 1 aliphatic heterocycles. The van der Waals surface area contributed by atoms with Crippen molar-refractivity contribution in [3.8, 4) is 0 Å². The molecular weight excluding hydrogens is 736 g/mol. The number of aromatic nitrogens is 1. The van der Waals surface area contributed by atoms with E-state index < -0.39 is 0 Å². The summed E-state index contributed by atoms with van der Waals surface area (Å²) in [6.45, 7) is 1.97. The molecule has 2 heterocycles. The fourth-order valence-corrected chi connectivity index (χ4v) is 9.22. The SMILES string of the molecule is C(/C=C/c1sc2c3ccccc3ccc2[n+]1CCCc1ccccc1)=C1/Sc2c(ccc3ccccc23)N1CCCc1ccccc1.[I-]. The Hall–Kier alpha value is -3.91. The zero-order chi connectivity index (χ0) is 31.4. The molecule has 6 aromatic carbocycles. The first-order chi connectivity index (χ1) is 23.3. The van der Waals surface area contributed by atoms with E-state index in [9.17, 15) is 0 Å². The second kappa shape index (κ2) is 15.1. The zero-order valence-corrected chi connectivity index (χ0v) is 30.6. The fraction of sp³-hybridized carbons (Fsp3) is 0.140. The van der Waals surface area contributed by atoms with Gasteiger partial charge in [0.1, 0.15) is 4.70 Å². The summed E-state index contributed by atoms with van der Waals surface area (Å²) in [4.78, 5) is 3.90. The number of allylic oxidation sites excluding steroid dienone is 2. The number of rotatable bonds is 10. The van der Waals surface area contributed by atoms with Gasteiger partial charge in [0, 0.05) is 35.4 Å².